The average molecular weight is 196 g/mol. The molecule has 0 saturated carbocycles. The molecule has 0 spiro atoms. The fraction of sp³-hybridized carbons (Fsp3) is 0.300. The van der Waals surface area contributed by atoms with E-state index in [4.69, 9.17) is 5.73 Å². The van der Waals surface area contributed by atoms with Gasteiger partial charge in [0.05, 0.1) is 0 Å². The predicted molar refractivity (Wildman–Crippen MR) is 53.4 cm³/mol. The number of amides is 1. The molecular formula is C10H13FN2O. The zero-order valence-corrected chi connectivity index (χ0v) is 8.01. The summed E-state index contributed by atoms with van der Waals surface area (Å²) in [5.74, 6) is -0.787. The van der Waals surface area contributed by atoms with Crippen LogP contribution in [0, 0.1) is 5.82 Å². The highest BCUT2D eigenvalue weighted by Gasteiger charge is 2.06. The molecule has 0 saturated heterocycles. The lowest BCUT2D eigenvalue weighted by Crippen LogP contribution is -2.24. The van der Waals surface area contributed by atoms with Gasteiger partial charge < -0.3 is 11.1 Å². The lowest BCUT2D eigenvalue weighted by molar-refractivity contribution is 0.0953. The maximum absolute atomic E-state index is 12.9. The highest BCUT2D eigenvalue weighted by atomic mass is 19.1. The molecular weight excluding hydrogens is 183 g/mol. The van der Waals surface area contributed by atoms with Crippen molar-refractivity contribution in [1.82, 2.24) is 5.32 Å². The highest BCUT2D eigenvalue weighted by Crippen LogP contribution is 2.10. The average Bonchev–Trinajstić information content (AvgIpc) is 2.12. The maximum atomic E-state index is 12.9. The Bertz CT molecular complexity index is 319. The van der Waals surface area contributed by atoms with Gasteiger partial charge in [0.25, 0.3) is 5.91 Å². The van der Waals surface area contributed by atoms with E-state index < -0.39 is 5.82 Å². The third kappa shape index (κ3) is 2.73. The van der Waals surface area contributed by atoms with Crippen molar-refractivity contribution < 1.29 is 9.18 Å². The Kier molecular flexibility index (Phi) is 3.45. The number of anilines is 1. The highest BCUT2D eigenvalue weighted by molar-refractivity contribution is 5.94. The monoisotopic (exact) mass is 196 g/mol. The van der Waals surface area contributed by atoms with Crippen molar-refractivity contribution in [2.24, 2.45) is 0 Å². The van der Waals surface area contributed by atoms with Crippen molar-refractivity contribution in [3.63, 3.8) is 0 Å². The van der Waals surface area contributed by atoms with Gasteiger partial charge in [-0.05, 0) is 24.6 Å². The first-order chi connectivity index (χ1) is 6.63. The van der Waals surface area contributed by atoms with E-state index in [9.17, 15) is 9.18 Å². The molecule has 0 fully saturated rings. The Hall–Kier alpha value is -1.58. The number of carbonyl (C=O) groups excluding carboxylic acids is 1. The topological polar surface area (TPSA) is 55.1 Å². The lowest BCUT2D eigenvalue weighted by atomic mass is 10.2. The molecule has 0 bridgehead atoms. The fourth-order valence-electron chi connectivity index (χ4n) is 1.08. The number of nitrogens with two attached hydrogens (primary N) is 1. The van der Waals surface area contributed by atoms with Gasteiger partial charge in [-0.2, -0.15) is 0 Å². The predicted octanol–water partition coefficient (Wildman–Crippen LogP) is 1.55. The molecule has 0 unspecified atom stereocenters. The number of rotatable bonds is 3. The summed E-state index contributed by atoms with van der Waals surface area (Å²) in [6.07, 6.45) is 0.844. The molecule has 1 amide bonds. The quantitative estimate of drug-likeness (QED) is 0.720. The molecule has 0 aromatic heterocycles. The molecule has 1 aromatic carbocycles. The van der Waals surface area contributed by atoms with Gasteiger partial charge in [0.15, 0.2) is 0 Å². The van der Waals surface area contributed by atoms with Crippen molar-refractivity contribution in [2.75, 3.05) is 12.3 Å². The minimum Gasteiger partial charge on any atom is -0.399 e. The summed E-state index contributed by atoms with van der Waals surface area (Å²) >= 11 is 0. The summed E-state index contributed by atoms with van der Waals surface area (Å²) in [6, 6.07) is 3.80. The second-order valence-electron chi connectivity index (χ2n) is 3.03. The van der Waals surface area contributed by atoms with Crippen molar-refractivity contribution in [3.8, 4) is 0 Å². The van der Waals surface area contributed by atoms with Gasteiger partial charge in [-0.25, -0.2) is 4.39 Å². The van der Waals surface area contributed by atoms with E-state index in [2.05, 4.69) is 5.32 Å². The SMILES string of the molecule is CCCNC(=O)c1cc(N)cc(F)c1. The smallest absolute Gasteiger partial charge is 0.251 e. The van der Waals surface area contributed by atoms with Crippen LogP contribution in [-0.2, 0) is 0 Å². The van der Waals surface area contributed by atoms with Crippen LogP contribution in [-0.4, -0.2) is 12.5 Å². The number of benzene rings is 1. The van der Waals surface area contributed by atoms with Gasteiger partial charge in [-0.3, -0.25) is 4.79 Å². The number of halogens is 1. The normalized spacial score (nSPS) is 9.86. The second-order valence-corrected chi connectivity index (χ2v) is 3.03. The van der Waals surface area contributed by atoms with Crippen LogP contribution in [0.3, 0.4) is 0 Å². The van der Waals surface area contributed by atoms with Gasteiger partial charge >= 0.3 is 0 Å². The van der Waals surface area contributed by atoms with Crippen molar-refractivity contribution in [3.05, 3.63) is 29.6 Å². The van der Waals surface area contributed by atoms with Gasteiger partial charge in [0.2, 0.25) is 0 Å². The summed E-state index contributed by atoms with van der Waals surface area (Å²) in [5.41, 5.74) is 5.92. The lowest BCUT2D eigenvalue weighted by Gasteiger charge is -2.04. The van der Waals surface area contributed by atoms with Crippen molar-refractivity contribution in [2.45, 2.75) is 13.3 Å². The summed E-state index contributed by atoms with van der Waals surface area (Å²) in [5, 5.41) is 2.64. The molecule has 14 heavy (non-hydrogen) atoms. The molecule has 1 aromatic rings. The number of hydrogen-bond acceptors (Lipinski definition) is 2. The molecule has 4 heteroatoms. The van der Waals surface area contributed by atoms with E-state index >= 15 is 0 Å². The molecule has 1 rings (SSSR count). The molecule has 76 valence electrons. The molecule has 0 aliphatic rings. The van der Waals surface area contributed by atoms with Crippen LogP contribution in [0.5, 0.6) is 0 Å². The summed E-state index contributed by atoms with van der Waals surface area (Å²) in [7, 11) is 0. The first-order valence-corrected chi connectivity index (χ1v) is 4.47. The number of nitrogen functional groups attached to an aromatic ring is 1. The Morgan fingerprint density at radius 3 is 2.79 bits per heavy atom. The molecule has 0 aliphatic heterocycles. The molecule has 0 heterocycles. The van der Waals surface area contributed by atoms with Crippen LogP contribution in [0.2, 0.25) is 0 Å². The van der Waals surface area contributed by atoms with E-state index in [1.807, 2.05) is 6.92 Å². The fourth-order valence-corrected chi connectivity index (χ4v) is 1.08. The Morgan fingerprint density at radius 1 is 1.50 bits per heavy atom. The van der Waals surface area contributed by atoms with Crippen LogP contribution >= 0.6 is 0 Å². The first-order valence-electron chi connectivity index (χ1n) is 4.47. The molecule has 0 atom stereocenters. The van der Waals surface area contributed by atoms with E-state index in [0.717, 1.165) is 6.42 Å². The standard InChI is InChI=1S/C10H13FN2O/c1-2-3-13-10(14)7-4-8(11)6-9(12)5-7/h4-6H,2-3,12H2,1H3,(H,13,14). The summed E-state index contributed by atoms with van der Waals surface area (Å²) < 4.78 is 12.9. The maximum Gasteiger partial charge on any atom is 0.251 e. The second kappa shape index (κ2) is 4.60. The van der Waals surface area contributed by atoms with Crippen molar-refractivity contribution in [1.29, 1.82) is 0 Å². The minimum atomic E-state index is -0.494. The zero-order chi connectivity index (χ0) is 10.6. The van der Waals surface area contributed by atoms with E-state index in [1.54, 1.807) is 0 Å². The van der Waals surface area contributed by atoms with Gasteiger partial charge in [-0.15, -0.1) is 0 Å². The summed E-state index contributed by atoms with van der Waals surface area (Å²) in [6.45, 7) is 2.52. The molecule has 3 nitrogen and oxygen atoms in total. The van der Waals surface area contributed by atoms with Crippen molar-refractivity contribution >= 4 is 11.6 Å². The molecule has 0 radical (unpaired) electrons. The largest absolute Gasteiger partial charge is 0.399 e. The first kappa shape index (κ1) is 10.5. The van der Waals surface area contributed by atoms with Gasteiger partial charge in [0, 0.05) is 17.8 Å². The number of nitrogens with one attached hydrogen (secondary N) is 1. The Balaban J connectivity index is 2.79. The molecule has 3 N–H and O–H groups in total. The van der Waals surface area contributed by atoms with Crippen LogP contribution < -0.4 is 11.1 Å². The molecule has 0 aliphatic carbocycles. The van der Waals surface area contributed by atoms with Crippen LogP contribution in [0.25, 0.3) is 0 Å². The Morgan fingerprint density at radius 2 is 2.21 bits per heavy atom. The van der Waals surface area contributed by atoms with Gasteiger partial charge in [0.1, 0.15) is 5.82 Å². The number of hydrogen-bond donors (Lipinski definition) is 2. The van der Waals surface area contributed by atoms with Gasteiger partial charge in [-0.1, -0.05) is 6.92 Å². The third-order valence-corrected chi connectivity index (χ3v) is 1.72. The minimum absolute atomic E-state index is 0.256. The third-order valence-electron chi connectivity index (χ3n) is 1.72. The number of carbonyl (C=O) groups is 1. The van der Waals surface area contributed by atoms with E-state index in [0.29, 0.717) is 6.54 Å². The van der Waals surface area contributed by atoms with Crippen LogP contribution in [0.4, 0.5) is 10.1 Å². The Labute approximate surface area is 82.1 Å². The summed E-state index contributed by atoms with van der Waals surface area (Å²) in [4.78, 5) is 11.4. The van der Waals surface area contributed by atoms with Crippen LogP contribution in [0.1, 0.15) is 23.7 Å². The zero-order valence-electron chi connectivity index (χ0n) is 8.01. The van der Waals surface area contributed by atoms with Crippen LogP contribution in [0.15, 0.2) is 18.2 Å². The van der Waals surface area contributed by atoms with E-state index in [1.165, 1.54) is 18.2 Å². The van der Waals surface area contributed by atoms with E-state index in [-0.39, 0.29) is 17.2 Å².